The molecule has 1 unspecified atom stereocenters. The molecule has 0 aromatic heterocycles. The van der Waals surface area contributed by atoms with Crippen molar-refractivity contribution in [3.05, 3.63) is 53.8 Å². The summed E-state index contributed by atoms with van der Waals surface area (Å²) in [5.41, 5.74) is 2.67. The molecule has 2 aromatic carbocycles. The summed E-state index contributed by atoms with van der Waals surface area (Å²) >= 11 is 0. The van der Waals surface area contributed by atoms with Crippen molar-refractivity contribution in [2.45, 2.75) is 46.0 Å². The molecule has 118 valence electrons. The quantitative estimate of drug-likeness (QED) is 0.669. The summed E-state index contributed by atoms with van der Waals surface area (Å²) in [5.74, 6) is 0.371. The number of hydrogen-bond donors (Lipinski definition) is 1. The maximum atomic E-state index is 13.8. The molecular formula is C20H25FO. The molecule has 1 nitrogen and oxygen atoms in total. The van der Waals surface area contributed by atoms with Crippen LogP contribution in [0.25, 0.3) is 11.1 Å². The van der Waals surface area contributed by atoms with E-state index in [2.05, 4.69) is 26.0 Å². The molecule has 22 heavy (non-hydrogen) atoms. The van der Waals surface area contributed by atoms with Gasteiger partial charge in [-0.15, -0.1) is 0 Å². The van der Waals surface area contributed by atoms with Crippen molar-refractivity contribution in [2.24, 2.45) is 5.92 Å². The molecular weight excluding hydrogens is 275 g/mol. The molecule has 0 heterocycles. The fraction of sp³-hybridized carbons (Fsp3) is 0.400. The Morgan fingerprint density at radius 2 is 1.77 bits per heavy atom. The van der Waals surface area contributed by atoms with Crippen LogP contribution < -0.4 is 0 Å². The highest BCUT2D eigenvalue weighted by molar-refractivity contribution is 5.65. The minimum Gasteiger partial charge on any atom is -0.508 e. The van der Waals surface area contributed by atoms with E-state index in [1.54, 1.807) is 6.07 Å². The second-order valence-corrected chi connectivity index (χ2v) is 6.15. The molecule has 2 aromatic rings. The third kappa shape index (κ3) is 4.59. The molecule has 2 rings (SSSR count). The second kappa shape index (κ2) is 7.98. The van der Waals surface area contributed by atoms with E-state index >= 15 is 0 Å². The SMILES string of the molecule is CCCC(C)CCCc1ccc(-c2ccc(O)cc2F)cc1. The Labute approximate surface area is 132 Å². The highest BCUT2D eigenvalue weighted by atomic mass is 19.1. The third-order valence-electron chi connectivity index (χ3n) is 4.16. The normalized spacial score (nSPS) is 12.3. The van der Waals surface area contributed by atoms with Crippen molar-refractivity contribution in [3.8, 4) is 16.9 Å². The first kappa shape index (κ1) is 16.5. The number of aromatic hydroxyl groups is 1. The maximum absolute atomic E-state index is 13.8. The van der Waals surface area contributed by atoms with Crippen LogP contribution in [0.4, 0.5) is 4.39 Å². The van der Waals surface area contributed by atoms with Crippen LogP contribution in [0.3, 0.4) is 0 Å². The Bertz CT molecular complexity index is 589. The molecule has 0 aliphatic heterocycles. The molecule has 0 amide bonds. The first-order valence-corrected chi connectivity index (χ1v) is 8.18. The summed E-state index contributed by atoms with van der Waals surface area (Å²) in [5, 5.41) is 9.27. The van der Waals surface area contributed by atoms with Crippen LogP contribution in [-0.2, 0) is 6.42 Å². The first-order valence-electron chi connectivity index (χ1n) is 8.18. The van der Waals surface area contributed by atoms with Crippen LogP contribution in [0.2, 0.25) is 0 Å². The first-order chi connectivity index (χ1) is 10.6. The molecule has 0 spiro atoms. The number of hydrogen-bond acceptors (Lipinski definition) is 1. The number of phenolic OH excluding ortho intramolecular Hbond substituents is 1. The summed E-state index contributed by atoms with van der Waals surface area (Å²) in [7, 11) is 0. The van der Waals surface area contributed by atoms with E-state index in [0.717, 1.165) is 24.0 Å². The second-order valence-electron chi connectivity index (χ2n) is 6.15. The summed E-state index contributed by atoms with van der Waals surface area (Å²) in [6, 6.07) is 12.4. The average Bonchev–Trinajstić information content (AvgIpc) is 2.48. The fourth-order valence-electron chi connectivity index (χ4n) is 2.88. The van der Waals surface area contributed by atoms with Crippen molar-refractivity contribution in [2.75, 3.05) is 0 Å². The van der Waals surface area contributed by atoms with Crippen LogP contribution in [0, 0.1) is 11.7 Å². The number of halogens is 1. The molecule has 0 saturated heterocycles. The van der Waals surface area contributed by atoms with Gasteiger partial charge in [0.05, 0.1) is 0 Å². The Balaban J connectivity index is 1.95. The summed E-state index contributed by atoms with van der Waals surface area (Å²) in [6.45, 7) is 4.55. The van der Waals surface area contributed by atoms with E-state index < -0.39 is 0 Å². The summed E-state index contributed by atoms with van der Waals surface area (Å²) < 4.78 is 13.8. The Hall–Kier alpha value is -1.83. The maximum Gasteiger partial charge on any atom is 0.134 e. The van der Waals surface area contributed by atoms with Gasteiger partial charge in [-0.05, 0) is 42.0 Å². The minimum absolute atomic E-state index is 0.0425. The monoisotopic (exact) mass is 300 g/mol. The molecule has 2 heteroatoms. The van der Waals surface area contributed by atoms with E-state index in [4.69, 9.17) is 0 Å². The topological polar surface area (TPSA) is 20.2 Å². The van der Waals surface area contributed by atoms with Crippen LogP contribution in [-0.4, -0.2) is 5.11 Å². The smallest absolute Gasteiger partial charge is 0.134 e. The minimum atomic E-state index is -0.388. The van der Waals surface area contributed by atoms with E-state index in [9.17, 15) is 9.50 Å². The predicted molar refractivity (Wildman–Crippen MR) is 90.5 cm³/mol. The van der Waals surface area contributed by atoms with Crippen LogP contribution >= 0.6 is 0 Å². The molecule has 0 radical (unpaired) electrons. The van der Waals surface area contributed by atoms with Gasteiger partial charge in [0.25, 0.3) is 0 Å². The number of rotatable bonds is 7. The fourth-order valence-corrected chi connectivity index (χ4v) is 2.88. The standard InChI is InChI=1S/C20H25FO/c1-3-5-15(2)6-4-7-16-8-10-17(11-9-16)19-13-12-18(22)14-20(19)21/h8-15,22H,3-7H2,1-2H3. The Morgan fingerprint density at radius 3 is 2.41 bits per heavy atom. The van der Waals surface area contributed by atoms with E-state index in [1.807, 2.05) is 12.1 Å². The molecule has 0 aliphatic rings. The lowest BCUT2D eigenvalue weighted by molar-refractivity contribution is 0.469. The van der Waals surface area contributed by atoms with Gasteiger partial charge >= 0.3 is 0 Å². The molecule has 0 bridgehead atoms. The Kier molecular flexibility index (Phi) is 6.00. The van der Waals surface area contributed by atoms with Gasteiger partial charge in [0.1, 0.15) is 11.6 Å². The predicted octanol–water partition coefficient (Wildman–Crippen LogP) is 5.96. The van der Waals surface area contributed by atoms with Crippen molar-refractivity contribution >= 4 is 0 Å². The third-order valence-corrected chi connectivity index (χ3v) is 4.16. The number of phenols is 1. The highest BCUT2D eigenvalue weighted by Crippen LogP contribution is 2.26. The largest absolute Gasteiger partial charge is 0.508 e. The lowest BCUT2D eigenvalue weighted by atomic mass is 9.96. The zero-order chi connectivity index (χ0) is 15.9. The van der Waals surface area contributed by atoms with Crippen molar-refractivity contribution < 1.29 is 9.50 Å². The number of aryl methyl sites for hydroxylation is 1. The van der Waals surface area contributed by atoms with Gasteiger partial charge in [-0.2, -0.15) is 0 Å². The summed E-state index contributed by atoms with van der Waals surface area (Å²) in [4.78, 5) is 0. The van der Waals surface area contributed by atoms with Gasteiger partial charge < -0.3 is 5.11 Å². The van der Waals surface area contributed by atoms with Gasteiger partial charge in [0.2, 0.25) is 0 Å². The number of benzene rings is 2. The van der Waals surface area contributed by atoms with E-state index in [-0.39, 0.29) is 11.6 Å². The zero-order valence-corrected chi connectivity index (χ0v) is 13.5. The molecule has 1 atom stereocenters. The van der Waals surface area contributed by atoms with Crippen LogP contribution in [0.1, 0.15) is 45.1 Å². The van der Waals surface area contributed by atoms with Gasteiger partial charge in [0, 0.05) is 11.6 Å². The Morgan fingerprint density at radius 1 is 1.05 bits per heavy atom. The average molecular weight is 300 g/mol. The van der Waals surface area contributed by atoms with Gasteiger partial charge in [0.15, 0.2) is 0 Å². The zero-order valence-electron chi connectivity index (χ0n) is 13.5. The van der Waals surface area contributed by atoms with Crippen LogP contribution in [0.15, 0.2) is 42.5 Å². The molecule has 0 fully saturated rings. The molecule has 0 saturated carbocycles. The van der Waals surface area contributed by atoms with Gasteiger partial charge in [-0.25, -0.2) is 4.39 Å². The highest BCUT2D eigenvalue weighted by Gasteiger charge is 2.06. The van der Waals surface area contributed by atoms with Crippen molar-refractivity contribution in [1.29, 1.82) is 0 Å². The van der Waals surface area contributed by atoms with Crippen molar-refractivity contribution in [3.63, 3.8) is 0 Å². The van der Waals surface area contributed by atoms with Gasteiger partial charge in [-0.3, -0.25) is 0 Å². The van der Waals surface area contributed by atoms with E-state index in [0.29, 0.717) is 5.56 Å². The lowest BCUT2D eigenvalue weighted by Gasteiger charge is -2.10. The molecule has 0 aliphatic carbocycles. The van der Waals surface area contributed by atoms with Crippen molar-refractivity contribution in [1.82, 2.24) is 0 Å². The lowest BCUT2D eigenvalue weighted by Crippen LogP contribution is -1.95. The summed E-state index contributed by atoms with van der Waals surface area (Å²) in [6.07, 6.45) is 6.11. The molecule has 1 N–H and O–H groups in total. The van der Waals surface area contributed by atoms with Crippen LogP contribution in [0.5, 0.6) is 5.75 Å². The van der Waals surface area contributed by atoms with Gasteiger partial charge in [-0.1, -0.05) is 57.4 Å². The van der Waals surface area contributed by atoms with E-state index in [1.165, 1.54) is 37.3 Å².